The Balaban J connectivity index is 2.05. The van der Waals surface area contributed by atoms with Gasteiger partial charge in [-0.25, -0.2) is 4.79 Å². The number of nitrogens with zero attached hydrogens (tertiary/aromatic N) is 2. The van der Waals surface area contributed by atoms with Crippen LogP contribution in [0, 0.1) is 14.9 Å². The number of halogens is 1. The number of benzene rings is 3. The number of rotatable bonds is 3. The third-order valence-electron chi connectivity index (χ3n) is 4.43. The molecule has 5 heteroatoms. The second-order valence-corrected chi connectivity index (χ2v) is 7.33. The van der Waals surface area contributed by atoms with E-state index in [2.05, 4.69) is 57.5 Å². The van der Waals surface area contributed by atoms with Crippen LogP contribution in [-0.4, -0.2) is 15.6 Å². The largest absolute Gasteiger partial charge is 0.477 e. The average molecular weight is 464 g/mol. The van der Waals surface area contributed by atoms with Crippen LogP contribution in [0.5, 0.6) is 0 Å². The highest BCUT2D eigenvalue weighted by Gasteiger charge is 2.13. The number of aliphatic carboxylic acids is 1. The molecular formula is C22H13IN2O2. The Morgan fingerprint density at radius 2 is 1.67 bits per heavy atom. The minimum Gasteiger partial charge on any atom is -0.477 e. The molecule has 4 aromatic rings. The zero-order valence-corrected chi connectivity index (χ0v) is 16.2. The van der Waals surface area contributed by atoms with Crippen molar-refractivity contribution in [2.45, 2.75) is 0 Å². The molecule has 27 heavy (non-hydrogen) atoms. The number of carboxylic acids is 1. The molecule has 0 spiro atoms. The fraction of sp³-hybridized carbons (Fsp3) is 0. The van der Waals surface area contributed by atoms with Crippen LogP contribution in [0.2, 0.25) is 0 Å². The fourth-order valence-corrected chi connectivity index (χ4v) is 3.76. The number of hydrogen-bond donors (Lipinski definition) is 1. The normalized spacial score (nSPS) is 11.6. The van der Waals surface area contributed by atoms with Gasteiger partial charge in [0.05, 0.1) is 11.0 Å². The number of carboxylic acid groups (broad SMARTS) is 1. The molecule has 0 aliphatic carbocycles. The molecule has 1 heterocycles. The third-order valence-corrected chi connectivity index (χ3v) is 5.10. The summed E-state index contributed by atoms with van der Waals surface area (Å²) < 4.78 is 3.31. The topological polar surface area (TPSA) is 66.0 Å². The van der Waals surface area contributed by atoms with Crippen LogP contribution in [-0.2, 0) is 4.79 Å². The SMILES string of the molecule is N#C/C(=C/c1ccc2c(c1)c1cc(I)ccc1n2-c1ccccc1)C(=O)O. The second-order valence-electron chi connectivity index (χ2n) is 6.08. The molecule has 0 saturated carbocycles. The molecule has 4 nitrogen and oxygen atoms in total. The lowest BCUT2D eigenvalue weighted by Gasteiger charge is -2.07. The van der Waals surface area contributed by atoms with Crippen LogP contribution in [0.4, 0.5) is 0 Å². The summed E-state index contributed by atoms with van der Waals surface area (Å²) in [6, 6.07) is 23.9. The minimum absolute atomic E-state index is 0.282. The van der Waals surface area contributed by atoms with Crippen molar-refractivity contribution in [2.24, 2.45) is 0 Å². The van der Waals surface area contributed by atoms with Gasteiger partial charge in [-0.3, -0.25) is 0 Å². The van der Waals surface area contributed by atoms with Crippen molar-refractivity contribution in [3.05, 3.63) is 81.4 Å². The van der Waals surface area contributed by atoms with Gasteiger partial charge in [-0.05, 0) is 76.7 Å². The maximum atomic E-state index is 11.1. The number of carbonyl (C=O) groups is 1. The molecule has 1 aromatic heterocycles. The maximum absolute atomic E-state index is 11.1. The molecular weight excluding hydrogens is 451 g/mol. The van der Waals surface area contributed by atoms with Gasteiger partial charge in [0, 0.05) is 20.0 Å². The molecule has 0 aliphatic heterocycles. The van der Waals surface area contributed by atoms with E-state index >= 15 is 0 Å². The Labute approximate surface area is 169 Å². The molecule has 0 radical (unpaired) electrons. The van der Waals surface area contributed by atoms with Crippen LogP contribution in [0.3, 0.4) is 0 Å². The van der Waals surface area contributed by atoms with Crippen molar-refractivity contribution in [1.29, 1.82) is 5.26 Å². The molecule has 130 valence electrons. The Morgan fingerprint density at radius 1 is 1.00 bits per heavy atom. The van der Waals surface area contributed by atoms with Gasteiger partial charge in [-0.2, -0.15) is 5.26 Å². The van der Waals surface area contributed by atoms with Gasteiger partial charge >= 0.3 is 5.97 Å². The van der Waals surface area contributed by atoms with Crippen molar-refractivity contribution in [2.75, 3.05) is 0 Å². The number of nitriles is 1. The van der Waals surface area contributed by atoms with Crippen LogP contribution in [0.15, 0.2) is 72.3 Å². The van der Waals surface area contributed by atoms with E-state index in [1.807, 2.05) is 36.4 Å². The van der Waals surface area contributed by atoms with Crippen molar-refractivity contribution >= 4 is 56.4 Å². The Bertz CT molecular complexity index is 1260. The van der Waals surface area contributed by atoms with Crippen LogP contribution < -0.4 is 0 Å². The molecule has 0 amide bonds. The van der Waals surface area contributed by atoms with Crippen molar-refractivity contribution in [3.8, 4) is 11.8 Å². The van der Waals surface area contributed by atoms with Crippen molar-refractivity contribution < 1.29 is 9.90 Å². The summed E-state index contributed by atoms with van der Waals surface area (Å²) in [6.07, 6.45) is 1.40. The molecule has 0 unspecified atom stereocenters. The first-order valence-corrected chi connectivity index (χ1v) is 9.30. The van der Waals surface area contributed by atoms with Gasteiger partial charge < -0.3 is 9.67 Å². The monoisotopic (exact) mass is 464 g/mol. The summed E-state index contributed by atoms with van der Waals surface area (Å²) in [4.78, 5) is 11.1. The molecule has 3 aromatic carbocycles. The lowest BCUT2D eigenvalue weighted by Crippen LogP contribution is -1.97. The number of para-hydroxylation sites is 1. The van der Waals surface area contributed by atoms with E-state index in [-0.39, 0.29) is 5.57 Å². The zero-order valence-electron chi connectivity index (χ0n) is 14.1. The van der Waals surface area contributed by atoms with Gasteiger partial charge in [0.25, 0.3) is 0 Å². The lowest BCUT2D eigenvalue weighted by molar-refractivity contribution is -0.132. The summed E-state index contributed by atoms with van der Waals surface area (Å²) in [7, 11) is 0. The number of hydrogen-bond acceptors (Lipinski definition) is 2. The van der Waals surface area contributed by atoms with Gasteiger partial charge in [-0.1, -0.05) is 24.3 Å². The van der Waals surface area contributed by atoms with E-state index in [9.17, 15) is 4.79 Å². The van der Waals surface area contributed by atoms with E-state index in [4.69, 9.17) is 10.4 Å². The number of aromatic nitrogens is 1. The van der Waals surface area contributed by atoms with Crippen LogP contribution >= 0.6 is 22.6 Å². The highest BCUT2D eigenvalue weighted by molar-refractivity contribution is 14.1. The predicted molar refractivity (Wildman–Crippen MR) is 115 cm³/mol. The molecule has 0 fully saturated rings. The highest BCUT2D eigenvalue weighted by atomic mass is 127. The van der Waals surface area contributed by atoms with Crippen molar-refractivity contribution in [1.82, 2.24) is 4.57 Å². The zero-order chi connectivity index (χ0) is 19.0. The van der Waals surface area contributed by atoms with E-state index in [1.165, 1.54) is 6.08 Å². The maximum Gasteiger partial charge on any atom is 0.346 e. The summed E-state index contributed by atoms with van der Waals surface area (Å²) >= 11 is 2.29. The summed E-state index contributed by atoms with van der Waals surface area (Å²) in [6.45, 7) is 0. The summed E-state index contributed by atoms with van der Waals surface area (Å²) in [5.41, 5.74) is 3.58. The van der Waals surface area contributed by atoms with E-state index < -0.39 is 5.97 Å². The third kappa shape index (κ3) is 3.09. The Hall–Kier alpha value is -3.11. The fourth-order valence-electron chi connectivity index (χ4n) is 3.27. The summed E-state index contributed by atoms with van der Waals surface area (Å²) in [5.74, 6) is -1.22. The number of fused-ring (bicyclic) bond motifs is 3. The molecule has 0 bridgehead atoms. The molecule has 0 aliphatic rings. The van der Waals surface area contributed by atoms with Gasteiger partial charge in [0.15, 0.2) is 0 Å². The van der Waals surface area contributed by atoms with Crippen molar-refractivity contribution in [3.63, 3.8) is 0 Å². The van der Waals surface area contributed by atoms with E-state index in [1.54, 1.807) is 6.07 Å². The van der Waals surface area contributed by atoms with Crippen LogP contribution in [0.25, 0.3) is 33.6 Å². The van der Waals surface area contributed by atoms with E-state index in [0.29, 0.717) is 5.56 Å². The second kappa shape index (κ2) is 6.89. The van der Waals surface area contributed by atoms with Gasteiger partial charge in [0.1, 0.15) is 11.6 Å². The molecule has 4 rings (SSSR count). The molecule has 0 atom stereocenters. The van der Waals surface area contributed by atoms with Gasteiger partial charge in [-0.15, -0.1) is 0 Å². The Kier molecular flexibility index (Phi) is 4.42. The smallest absolute Gasteiger partial charge is 0.346 e. The van der Waals surface area contributed by atoms with Gasteiger partial charge in [0.2, 0.25) is 0 Å². The average Bonchev–Trinajstić information content (AvgIpc) is 2.99. The van der Waals surface area contributed by atoms with Crippen LogP contribution in [0.1, 0.15) is 5.56 Å². The Morgan fingerprint density at radius 3 is 2.33 bits per heavy atom. The predicted octanol–water partition coefficient (Wildman–Crippen LogP) is 5.38. The minimum atomic E-state index is -1.22. The molecule has 0 saturated heterocycles. The summed E-state index contributed by atoms with van der Waals surface area (Å²) in [5, 5.41) is 20.2. The molecule has 1 N–H and O–H groups in total. The first kappa shape index (κ1) is 17.3. The first-order valence-electron chi connectivity index (χ1n) is 8.23. The highest BCUT2D eigenvalue weighted by Crippen LogP contribution is 2.33. The lowest BCUT2D eigenvalue weighted by atomic mass is 10.1. The standard InChI is InChI=1S/C22H13IN2O2/c23-16-7-9-21-19(12-16)18-11-14(10-15(13-24)22(26)27)6-8-20(18)25(21)17-4-2-1-3-5-17/h1-12H,(H,26,27)/b15-10-. The quantitative estimate of drug-likeness (QED) is 0.252. The first-order chi connectivity index (χ1) is 13.1. The van der Waals surface area contributed by atoms with E-state index in [0.717, 1.165) is 31.1 Å².